The van der Waals surface area contributed by atoms with Gasteiger partial charge in [-0.25, -0.2) is 4.79 Å². The Kier molecular flexibility index (Phi) is 5.70. The maximum atomic E-state index is 11.6. The van der Waals surface area contributed by atoms with E-state index in [0.29, 0.717) is 5.56 Å². The molecule has 8 nitrogen and oxygen atoms in total. The van der Waals surface area contributed by atoms with E-state index in [1.165, 1.54) is 17.1 Å². The number of nitrogens with zero attached hydrogens (tertiary/aromatic N) is 2. The molecule has 0 bridgehead atoms. The van der Waals surface area contributed by atoms with Crippen LogP contribution in [0.5, 0.6) is 0 Å². The van der Waals surface area contributed by atoms with Crippen LogP contribution in [0.25, 0.3) is 0 Å². The van der Waals surface area contributed by atoms with Crippen LogP contribution >= 0.6 is 0 Å². The summed E-state index contributed by atoms with van der Waals surface area (Å²) in [4.78, 5) is 33.9. The normalized spacial score (nSPS) is 11.7. The fourth-order valence-corrected chi connectivity index (χ4v) is 1.56. The van der Waals surface area contributed by atoms with Gasteiger partial charge < -0.3 is 15.2 Å². The molecule has 0 aromatic carbocycles. The molecule has 0 aliphatic heterocycles. The Bertz CT molecular complexity index is 497. The summed E-state index contributed by atoms with van der Waals surface area (Å²) in [7, 11) is 1.64. The van der Waals surface area contributed by atoms with Gasteiger partial charge in [-0.2, -0.15) is 5.10 Å². The molecule has 2 N–H and O–H groups in total. The van der Waals surface area contributed by atoms with E-state index >= 15 is 0 Å². The Hall–Kier alpha value is -2.38. The van der Waals surface area contributed by atoms with Crippen molar-refractivity contribution in [2.75, 3.05) is 6.61 Å². The van der Waals surface area contributed by atoms with Gasteiger partial charge in [0.05, 0.1) is 19.2 Å². The first-order chi connectivity index (χ1) is 9.43. The zero-order valence-electron chi connectivity index (χ0n) is 11.3. The van der Waals surface area contributed by atoms with Crippen LogP contribution in [0.3, 0.4) is 0 Å². The number of aliphatic carboxylic acids is 1. The summed E-state index contributed by atoms with van der Waals surface area (Å²) in [6, 6.07) is -1.18. The Morgan fingerprint density at radius 2 is 2.15 bits per heavy atom. The van der Waals surface area contributed by atoms with Crippen LogP contribution < -0.4 is 5.32 Å². The van der Waals surface area contributed by atoms with Crippen molar-refractivity contribution in [2.45, 2.75) is 25.8 Å². The molecule has 1 atom stereocenters. The molecular formula is C12H17N3O5. The van der Waals surface area contributed by atoms with Crippen molar-refractivity contribution in [2.24, 2.45) is 7.05 Å². The molecule has 0 fully saturated rings. The fraction of sp³-hybridized carbons (Fsp3) is 0.500. The number of carbonyl (C=O) groups excluding carboxylic acids is 2. The number of amides is 1. The standard InChI is InChI=1S/C12H17N3O5/c1-3-20-10(17)5-4-9(16)14-11(12(18)19)8-6-13-15(2)7-8/h6-7,11H,3-5H2,1-2H3,(H,14,16)(H,18,19). The second-order valence-electron chi connectivity index (χ2n) is 4.09. The molecule has 20 heavy (non-hydrogen) atoms. The van der Waals surface area contributed by atoms with Crippen molar-refractivity contribution in [1.82, 2.24) is 15.1 Å². The second-order valence-corrected chi connectivity index (χ2v) is 4.09. The second kappa shape index (κ2) is 7.27. The van der Waals surface area contributed by atoms with Crippen LogP contribution in [0.1, 0.15) is 31.4 Å². The molecule has 110 valence electrons. The minimum absolute atomic E-state index is 0.0843. The largest absolute Gasteiger partial charge is 0.479 e. The van der Waals surface area contributed by atoms with Gasteiger partial charge >= 0.3 is 11.9 Å². The number of nitrogens with one attached hydrogen (secondary N) is 1. The topological polar surface area (TPSA) is 111 Å². The summed E-state index contributed by atoms with van der Waals surface area (Å²) in [5.41, 5.74) is 0.365. The molecule has 1 unspecified atom stereocenters. The van der Waals surface area contributed by atoms with Gasteiger partial charge in [0.25, 0.3) is 0 Å². The lowest BCUT2D eigenvalue weighted by Gasteiger charge is -2.12. The fourth-order valence-electron chi connectivity index (χ4n) is 1.56. The van der Waals surface area contributed by atoms with Gasteiger partial charge in [0, 0.05) is 25.2 Å². The number of hydrogen-bond acceptors (Lipinski definition) is 5. The molecule has 0 aliphatic carbocycles. The highest BCUT2D eigenvalue weighted by Crippen LogP contribution is 2.12. The van der Waals surface area contributed by atoms with Gasteiger partial charge in [0.1, 0.15) is 0 Å². The van der Waals surface area contributed by atoms with Crippen LogP contribution in [0, 0.1) is 0 Å². The zero-order chi connectivity index (χ0) is 15.1. The average Bonchev–Trinajstić information content (AvgIpc) is 2.80. The number of ether oxygens (including phenoxy) is 1. The molecule has 1 aromatic rings. The lowest BCUT2D eigenvalue weighted by Crippen LogP contribution is -2.33. The Labute approximate surface area is 115 Å². The zero-order valence-corrected chi connectivity index (χ0v) is 11.3. The maximum Gasteiger partial charge on any atom is 0.331 e. The number of carboxylic acids is 1. The quantitative estimate of drug-likeness (QED) is 0.682. The van der Waals surface area contributed by atoms with Crippen molar-refractivity contribution in [3.8, 4) is 0 Å². The Morgan fingerprint density at radius 3 is 2.65 bits per heavy atom. The van der Waals surface area contributed by atoms with Gasteiger partial charge in [-0.05, 0) is 6.92 Å². The monoisotopic (exact) mass is 283 g/mol. The summed E-state index contributed by atoms with van der Waals surface area (Å²) < 4.78 is 6.12. The van der Waals surface area contributed by atoms with Crippen molar-refractivity contribution >= 4 is 17.8 Å². The molecule has 1 rings (SSSR count). The highest BCUT2D eigenvalue weighted by atomic mass is 16.5. The van der Waals surface area contributed by atoms with E-state index < -0.39 is 23.9 Å². The van der Waals surface area contributed by atoms with Crippen molar-refractivity contribution in [1.29, 1.82) is 0 Å². The van der Waals surface area contributed by atoms with E-state index in [1.54, 1.807) is 14.0 Å². The van der Waals surface area contributed by atoms with Gasteiger partial charge in [0.2, 0.25) is 5.91 Å². The van der Waals surface area contributed by atoms with Gasteiger partial charge in [-0.1, -0.05) is 0 Å². The van der Waals surface area contributed by atoms with Crippen LogP contribution in [-0.2, 0) is 26.2 Å². The van der Waals surface area contributed by atoms with E-state index in [-0.39, 0.29) is 19.4 Å². The predicted molar refractivity (Wildman–Crippen MR) is 67.6 cm³/mol. The van der Waals surface area contributed by atoms with Crippen LogP contribution in [0.15, 0.2) is 12.4 Å². The molecule has 0 saturated carbocycles. The minimum Gasteiger partial charge on any atom is -0.479 e. The molecule has 1 heterocycles. The van der Waals surface area contributed by atoms with Crippen LogP contribution in [0.2, 0.25) is 0 Å². The highest BCUT2D eigenvalue weighted by molar-refractivity contribution is 5.86. The Morgan fingerprint density at radius 1 is 1.45 bits per heavy atom. The summed E-state index contributed by atoms with van der Waals surface area (Å²) in [5, 5.41) is 15.3. The number of hydrogen-bond donors (Lipinski definition) is 2. The smallest absolute Gasteiger partial charge is 0.331 e. The molecule has 0 aliphatic rings. The molecule has 0 spiro atoms. The predicted octanol–water partition coefficient (Wildman–Crippen LogP) is 0.00530. The highest BCUT2D eigenvalue weighted by Gasteiger charge is 2.23. The molecular weight excluding hydrogens is 266 g/mol. The maximum absolute atomic E-state index is 11.6. The van der Waals surface area contributed by atoms with Crippen molar-refractivity contribution in [3.05, 3.63) is 18.0 Å². The van der Waals surface area contributed by atoms with E-state index in [1.807, 2.05) is 0 Å². The Balaban J connectivity index is 2.56. The van der Waals surface area contributed by atoms with Gasteiger partial charge in [0.15, 0.2) is 6.04 Å². The SMILES string of the molecule is CCOC(=O)CCC(=O)NC(C(=O)O)c1cnn(C)c1. The van der Waals surface area contributed by atoms with E-state index in [0.717, 1.165) is 0 Å². The van der Waals surface area contributed by atoms with Crippen molar-refractivity contribution in [3.63, 3.8) is 0 Å². The third-order valence-electron chi connectivity index (χ3n) is 2.47. The summed E-state index contributed by atoms with van der Waals surface area (Å²) >= 11 is 0. The minimum atomic E-state index is -1.19. The number of aryl methyl sites for hydroxylation is 1. The first kappa shape index (κ1) is 15.7. The first-order valence-electron chi connectivity index (χ1n) is 6.10. The average molecular weight is 283 g/mol. The van der Waals surface area contributed by atoms with E-state index in [2.05, 4.69) is 15.2 Å². The summed E-state index contributed by atoms with van der Waals surface area (Å²) in [5.74, 6) is -2.22. The summed E-state index contributed by atoms with van der Waals surface area (Å²) in [6.07, 6.45) is 2.66. The first-order valence-corrected chi connectivity index (χ1v) is 6.10. The third kappa shape index (κ3) is 4.71. The number of esters is 1. The summed E-state index contributed by atoms with van der Waals surface area (Å²) in [6.45, 7) is 1.91. The molecule has 1 aromatic heterocycles. The van der Waals surface area contributed by atoms with Crippen LogP contribution in [-0.4, -0.2) is 39.3 Å². The molecule has 1 amide bonds. The number of carboxylic acid groups (broad SMARTS) is 1. The lowest BCUT2D eigenvalue weighted by molar-refractivity contribution is -0.145. The number of carbonyl (C=O) groups is 3. The van der Waals surface area contributed by atoms with Gasteiger partial charge in [-0.3, -0.25) is 14.3 Å². The van der Waals surface area contributed by atoms with Crippen molar-refractivity contribution < 1.29 is 24.2 Å². The molecule has 8 heteroatoms. The number of rotatable bonds is 7. The van der Waals surface area contributed by atoms with E-state index in [4.69, 9.17) is 5.11 Å². The lowest BCUT2D eigenvalue weighted by atomic mass is 10.1. The van der Waals surface area contributed by atoms with Crippen LogP contribution in [0.4, 0.5) is 0 Å². The number of aromatic nitrogens is 2. The molecule has 0 saturated heterocycles. The molecule has 0 radical (unpaired) electrons. The van der Waals surface area contributed by atoms with E-state index in [9.17, 15) is 14.4 Å². The van der Waals surface area contributed by atoms with Gasteiger partial charge in [-0.15, -0.1) is 0 Å². The third-order valence-corrected chi connectivity index (χ3v) is 2.47.